The van der Waals surface area contributed by atoms with Crippen molar-refractivity contribution in [1.29, 1.82) is 0 Å². The molecule has 158 valence electrons. The number of benzene rings is 2. The molecule has 1 heterocycles. The Labute approximate surface area is 190 Å². The highest BCUT2D eigenvalue weighted by Crippen LogP contribution is 2.35. The molecule has 30 heavy (non-hydrogen) atoms. The van der Waals surface area contributed by atoms with E-state index in [4.69, 9.17) is 4.74 Å². The highest BCUT2D eigenvalue weighted by molar-refractivity contribution is 9.10. The Morgan fingerprint density at radius 3 is 2.40 bits per heavy atom. The SMILES string of the molecule is CCN1C(=O)/C(=C\c2ccc(N(CC)CC)c(Br)c2)SC1=Nc1ccc(OC)cc1. The molecule has 0 aromatic heterocycles. The van der Waals surface area contributed by atoms with Crippen molar-refractivity contribution in [2.75, 3.05) is 31.6 Å². The topological polar surface area (TPSA) is 45.1 Å². The number of hydrogen-bond acceptors (Lipinski definition) is 5. The molecule has 2 aromatic rings. The molecule has 0 N–H and O–H groups in total. The Kier molecular flexibility index (Phi) is 7.61. The number of carbonyl (C=O) groups is 1. The van der Waals surface area contributed by atoms with Crippen LogP contribution in [0.3, 0.4) is 0 Å². The van der Waals surface area contributed by atoms with E-state index in [-0.39, 0.29) is 5.91 Å². The molecule has 0 radical (unpaired) electrons. The summed E-state index contributed by atoms with van der Waals surface area (Å²) >= 11 is 5.09. The predicted octanol–water partition coefficient (Wildman–Crippen LogP) is 5.93. The first-order valence-corrected chi connectivity index (χ1v) is 11.6. The minimum absolute atomic E-state index is 0.0151. The van der Waals surface area contributed by atoms with Gasteiger partial charge in [-0.25, -0.2) is 4.99 Å². The molecule has 0 unspecified atom stereocenters. The molecule has 7 heteroatoms. The van der Waals surface area contributed by atoms with Crippen LogP contribution in [-0.4, -0.2) is 42.7 Å². The fourth-order valence-electron chi connectivity index (χ4n) is 3.22. The highest BCUT2D eigenvalue weighted by atomic mass is 79.9. The van der Waals surface area contributed by atoms with Crippen molar-refractivity contribution in [3.63, 3.8) is 0 Å². The lowest BCUT2D eigenvalue weighted by molar-refractivity contribution is -0.122. The number of methoxy groups -OCH3 is 1. The molecule has 1 amide bonds. The number of thioether (sulfide) groups is 1. The number of likely N-dealkylation sites (N-methyl/N-ethyl adjacent to an activating group) is 1. The molecule has 2 aromatic carbocycles. The van der Waals surface area contributed by atoms with Crippen molar-refractivity contribution in [2.45, 2.75) is 20.8 Å². The largest absolute Gasteiger partial charge is 0.497 e. The number of carbonyl (C=O) groups excluding carboxylic acids is 1. The normalized spacial score (nSPS) is 16.6. The first-order valence-electron chi connectivity index (χ1n) is 9.99. The monoisotopic (exact) mass is 487 g/mol. The van der Waals surface area contributed by atoms with E-state index in [0.717, 1.165) is 40.2 Å². The molecule has 1 aliphatic rings. The Morgan fingerprint density at radius 2 is 1.83 bits per heavy atom. The third-order valence-corrected chi connectivity index (χ3v) is 6.52. The van der Waals surface area contributed by atoms with Crippen LogP contribution in [0.5, 0.6) is 5.75 Å². The molecule has 5 nitrogen and oxygen atoms in total. The van der Waals surface area contributed by atoms with Gasteiger partial charge in [0.1, 0.15) is 5.75 Å². The number of aliphatic imine (C=N–C) groups is 1. The van der Waals surface area contributed by atoms with Crippen molar-refractivity contribution in [1.82, 2.24) is 4.90 Å². The second kappa shape index (κ2) is 10.2. The number of amidine groups is 1. The summed E-state index contributed by atoms with van der Waals surface area (Å²) in [4.78, 5) is 22.3. The van der Waals surface area contributed by atoms with E-state index in [2.05, 4.69) is 51.8 Å². The van der Waals surface area contributed by atoms with Gasteiger partial charge in [-0.15, -0.1) is 0 Å². The summed E-state index contributed by atoms with van der Waals surface area (Å²) < 4.78 is 6.22. The van der Waals surface area contributed by atoms with Crippen molar-refractivity contribution in [3.05, 3.63) is 57.4 Å². The van der Waals surface area contributed by atoms with E-state index in [1.807, 2.05) is 43.3 Å². The zero-order valence-electron chi connectivity index (χ0n) is 17.7. The summed E-state index contributed by atoms with van der Waals surface area (Å²) in [6.07, 6.45) is 1.93. The number of hydrogen-bond donors (Lipinski definition) is 0. The second-order valence-electron chi connectivity index (χ2n) is 6.64. The highest BCUT2D eigenvalue weighted by Gasteiger charge is 2.32. The Balaban J connectivity index is 1.87. The fourth-order valence-corrected chi connectivity index (χ4v) is 4.93. The van der Waals surface area contributed by atoms with Crippen molar-refractivity contribution < 1.29 is 9.53 Å². The fraction of sp³-hybridized carbons (Fsp3) is 0.304. The number of amides is 1. The van der Waals surface area contributed by atoms with E-state index < -0.39 is 0 Å². The van der Waals surface area contributed by atoms with E-state index in [0.29, 0.717) is 16.6 Å². The zero-order valence-corrected chi connectivity index (χ0v) is 20.1. The average Bonchev–Trinajstić information content (AvgIpc) is 3.04. The van der Waals surface area contributed by atoms with Crippen LogP contribution in [0.2, 0.25) is 0 Å². The lowest BCUT2D eigenvalue weighted by Crippen LogP contribution is -2.28. The first-order chi connectivity index (χ1) is 14.5. The molecular weight excluding hydrogens is 462 g/mol. The third-order valence-electron chi connectivity index (χ3n) is 4.88. The second-order valence-corrected chi connectivity index (χ2v) is 8.50. The maximum atomic E-state index is 12.9. The maximum Gasteiger partial charge on any atom is 0.266 e. The summed E-state index contributed by atoms with van der Waals surface area (Å²) in [5, 5.41) is 0.692. The van der Waals surface area contributed by atoms with Crippen LogP contribution in [0.15, 0.2) is 56.8 Å². The molecule has 1 aliphatic heterocycles. The summed E-state index contributed by atoms with van der Waals surface area (Å²) in [6, 6.07) is 13.7. The summed E-state index contributed by atoms with van der Waals surface area (Å²) in [7, 11) is 1.63. The van der Waals surface area contributed by atoms with Crippen LogP contribution in [0.25, 0.3) is 6.08 Å². The quantitative estimate of drug-likeness (QED) is 0.454. The molecule has 0 saturated carbocycles. The summed E-state index contributed by atoms with van der Waals surface area (Å²) in [5.74, 6) is 0.763. The average molecular weight is 488 g/mol. The first kappa shape index (κ1) is 22.4. The predicted molar refractivity (Wildman–Crippen MR) is 131 cm³/mol. The number of nitrogens with zero attached hydrogens (tertiary/aromatic N) is 3. The number of rotatable bonds is 7. The van der Waals surface area contributed by atoms with Gasteiger partial charge in [0.05, 0.1) is 23.4 Å². The molecule has 0 aliphatic carbocycles. The van der Waals surface area contributed by atoms with Gasteiger partial charge in [0, 0.05) is 24.1 Å². The molecule has 1 fully saturated rings. The molecular formula is C23H26BrN3O2S. The molecule has 0 bridgehead atoms. The minimum Gasteiger partial charge on any atom is -0.497 e. The van der Waals surface area contributed by atoms with Gasteiger partial charge in [-0.05, 0) is 96.5 Å². The van der Waals surface area contributed by atoms with Gasteiger partial charge in [-0.3, -0.25) is 9.69 Å². The van der Waals surface area contributed by atoms with Gasteiger partial charge >= 0.3 is 0 Å². The van der Waals surface area contributed by atoms with Crippen LogP contribution in [0, 0.1) is 0 Å². The Morgan fingerprint density at radius 1 is 1.13 bits per heavy atom. The van der Waals surface area contributed by atoms with Gasteiger partial charge in [0.15, 0.2) is 5.17 Å². The van der Waals surface area contributed by atoms with Crippen molar-refractivity contribution >= 4 is 56.2 Å². The lowest BCUT2D eigenvalue weighted by Gasteiger charge is -2.22. The maximum absolute atomic E-state index is 12.9. The number of halogens is 1. The van der Waals surface area contributed by atoms with Crippen molar-refractivity contribution in [2.24, 2.45) is 4.99 Å². The third kappa shape index (κ3) is 4.90. The van der Waals surface area contributed by atoms with Crippen LogP contribution < -0.4 is 9.64 Å². The zero-order chi connectivity index (χ0) is 21.7. The van der Waals surface area contributed by atoms with Gasteiger partial charge in [-0.2, -0.15) is 0 Å². The van der Waals surface area contributed by atoms with Gasteiger partial charge in [0.25, 0.3) is 5.91 Å². The van der Waals surface area contributed by atoms with E-state index >= 15 is 0 Å². The van der Waals surface area contributed by atoms with Crippen LogP contribution in [0.4, 0.5) is 11.4 Å². The smallest absolute Gasteiger partial charge is 0.266 e. The van der Waals surface area contributed by atoms with Crippen LogP contribution >= 0.6 is 27.7 Å². The minimum atomic E-state index is -0.0151. The lowest BCUT2D eigenvalue weighted by atomic mass is 10.1. The van der Waals surface area contributed by atoms with E-state index in [1.54, 1.807) is 12.0 Å². The molecule has 0 atom stereocenters. The molecule has 1 saturated heterocycles. The molecule has 3 rings (SSSR count). The molecule has 0 spiro atoms. The van der Waals surface area contributed by atoms with Crippen LogP contribution in [-0.2, 0) is 4.79 Å². The van der Waals surface area contributed by atoms with Gasteiger partial charge in [-0.1, -0.05) is 6.07 Å². The van der Waals surface area contributed by atoms with E-state index in [1.165, 1.54) is 11.8 Å². The number of anilines is 1. The van der Waals surface area contributed by atoms with Gasteiger partial charge < -0.3 is 9.64 Å². The Hall–Kier alpha value is -2.25. The summed E-state index contributed by atoms with van der Waals surface area (Å²) in [6.45, 7) is 8.70. The van der Waals surface area contributed by atoms with Crippen LogP contribution in [0.1, 0.15) is 26.3 Å². The van der Waals surface area contributed by atoms with Gasteiger partial charge in [0.2, 0.25) is 0 Å². The van der Waals surface area contributed by atoms with E-state index in [9.17, 15) is 4.79 Å². The standard InChI is InChI=1S/C23H26BrN3O2S/c1-5-26(6-2)20-13-8-16(14-19(20)24)15-21-22(28)27(7-3)23(30-21)25-17-9-11-18(29-4)12-10-17/h8-15H,5-7H2,1-4H3/b21-15+,25-23?. The number of ether oxygens (including phenoxy) is 1. The van der Waals surface area contributed by atoms with Crippen molar-refractivity contribution in [3.8, 4) is 5.75 Å². The Bertz CT molecular complexity index is 969. The summed E-state index contributed by atoms with van der Waals surface area (Å²) in [5.41, 5.74) is 2.93.